The number of hydrogen-bond donors (Lipinski definition) is 2. The molecule has 1 aliphatic heterocycles. The van der Waals surface area contributed by atoms with Gasteiger partial charge in [-0.15, -0.1) is 0 Å². The molecule has 0 bridgehead atoms. The third-order valence-electron chi connectivity index (χ3n) is 4.64. The minimum absolute atomic E-state index is 0.00227. The summed E-state index contributed by atoms with van der Waals surface area (Å²) in [4.78, 5) is 26.7. The molecule has 0 spiro atoms. The monoisotopic (exact) mass is 389 g/mol. The number of rotatable bonds is 6. The largest absolute Gasteiger partial charge is 0.508 e. The molecule has 1 aromatic carbocycles. The van der Waals surface area contributed by atoms with E-state index in [1.165, 1.54) is 25.3 Å². The van der Waals surface area contributed by atoms with Gasteiger partial charge in [0.15, 0.2) is 5.76 Å². The predicted molar refractivity (Wildman–Crippen MR) is 99.3 cm³/mol. The molecule has 8 heteroatoms. The van der Waals surface area contributed by atoms with Crippen molar-refractivity contribution >= 4 is 5.91 Å². The van der Waals surface area contributed by atoms with Gasteiger partial charge >= 0.3 is 0 Å². The van der Waals surface area contributed by atoms with Gasteiger partial charge in [0.25, 0.3) is 0 Å². The summed E-state index contributed by atoms with van der Waals surface area (Å²) in [5.74, 6) is -1.04. The average molecular weight is 389 g/mol. The summed E-state index contributed by atoms with van der Waals surface area (Å²) in [6.07, 6.45) is -0.00227. The van der Waals surface area contributed by atoms with Crippen LogP contribution in [0.4, 0.5) is 0 Å². The Morgan fingerprint density at radius 2 is 1.89 bits per heavy atom. The second-order valence-corrected chi connectivity index (χ2v) is 6.56. The number of hydrogen-bond acceptors (Lipinski definition) is 7. The van der Waals surface area contributed by atoms with Crippen molar-refractivity contribution < 1.29 is 28.9 Å². The molecule has 28 heavy (non-hydrogen) atoms. The van der Waals surface area contributed by atoms with E-state index in [4.69, 9.17) is 13.9 Å². The highest BCUT2D eigenvalue weighted by atomic mass is 16.5. The van der Waals surface area contributed by atoms with E-state index in [9.17, 15) is 19.8 Å². The molecule has 1 saturated heterocycles. The number of phenolic OH excluding ortho intramolecular Hbond substituents is 1. The first-order chi connectivity index (χ1) is 13.5. The molecule has 2 N–H and O–H groups in total. The average Bonchev–Trinajstić information content (AvgIpc) is 2.70. The van der Waals surface area contributed by atoms with E-state index >= 15 is 0 Å². The van der Waals surface area contributed by atoms with Crippen LogP contribution >= 0.6 is 0 Å². The number of nitrogens with zero attached hydrogens (tertiary/aromatic N) is 1. The van der Waals surface area contributed by atoms with Gasteiger partial charge < -0.3 is 29.0 Å². The maximum Gasteiger partial charge on any atom is 0.227 e. The van der Waals surface area contributed by atoms with Crippen LogP contribution in [0.15, 0.2) is 39.5 Å². The number of benzene rings is 1. The number of morpholine rings is 1. The van der Waals surface area contributed by atoms with Gasteiger partial charge in [-0.1, -0.05) is 12.1 Å². The van der Waals surface area contributed by atoms with E-state index in [0.717, 1.165) is 0 Å². The van der Waals surface area contributed by atoms with Crippen molar-refractivity contribution in [1.82, 2.24) is 4.90 Å². The molecule has 1 fully saturated rings. The van der Waals surface area contributed by atoms with Crippen molar-refractivity contribution in [3.8, 4) is 11.5 Å². The van der Waals surface area contributed by atoms with Crippen LogP contribution in [0, 0.1) is 0 Å². The van der Waals surface area contributed by atoms with Crippen LogP contribution in [0.25, 0.3) is 0 Å². The van der Waals surface area contributed by atoms with Crippen molar-refractivity contribution in [3.05, 3.63) is 57.6 Å². The Balaban J connectivity index is 2.00. The summed E-state index contributed by atoms with van der Waals surface area (Å²) in [7, 11) is 1.46. The van der Waals surface area contributed by atoms with Gasteiger partial charge in [-0.25, -0.2) is 0 Å². The molecule has 3 rings (SSSR count). The van der Waals surface area contributed by atoms with E-state index < -0.39 is 17.1 Å². The first-order valence-corrected chi connectivity index (χ1v) is 8.99. The zero-order valence-corrected chi connectivity index (χ0v) is 15.6. The SMILES string of the molecule is COCc1cc(=O)c(O)c([C@H](CC(=O)N2CCOCC2)c2ccc(O)cc2)o1. The molecule has 1 amide bonds. The second kappa shape index (κ2) is 8.90. The third-order valence-corrected chi connectivity index (χ3v) is 4.64. The van der Waals surface area contributed by atoms with Gasteiger partial charge in [0.05, 0.1) is 19.1 Å². The first-order valence-electron chi connectivity index (χ1n) is 8.99. The summed E-state index contributed by atoms with van der Waals surface area (Å²) in [5, 5.41) is 19.9. The Bertz CT molecular complexity index is 869. The molecule has 1 aromatic heterocycles. The Labute approximate surface area is 161 Å². The van der Waals surface area contributed by atoms with Crippen molar-refractivity contribution in [2.75, 3.05) is 33.4 Å². The van der Waals surface area contributed by atoms with E-state index in [-0.39, 0.29) is 36.2 Å². The number of carbonyl (C=O) groups is 1. The van der Waals surface area contributed by atoms with Crippen LogP contribution in [-0.4, -0.2) is 54.4 Å². The van der Waals surface area contributed by atoms with E-state index in [2.05, 4.69) is 0 Å². The topological polar surface area (TPSA) is 109 Å². The lowest BCUT2D eigenvalue weighted by atomic mass is 9.91. The summed E-state index contributed by atoms with van der Waals surface area (Å²) < 4.78 is 16.0. The molecule has 8 nitrogen and oxygen atoms in total. The zero-order chi connectivity index (χ0) is 20.1. The number of carbonyl (C=O) groups excluding carboxylic acids is 1. The molecule has 1 atom stereocenters. The summed E-state index contributed by atoms with van der Waals surface area (Å²) in [6.45, 7) is 1.97. The molecule has 2 heterocycles. The lowest BCUT2D eigenvalue weighted by Crippen LogP contribution is -2.41. The lowest BCUT2D eigenvalue weighted by molar-refractivity contribution is -0.135. The summed E-state index contributed by atoms with van der Waals surface area (Å²) in [6, 6.07) is 7.40. The van der Waals surface area contributed by atoms with Crippen molar-refractivity contribution in [1.29, 1.82) is 0 Å². The maximum atomic E-state index is 12.8. The quantitative estimate of drug-likeness (QED) is 0.772. The second-order valence-electron chi connectivity index (χ2n) is 6.56. The fourth-order valence-electron chi connectivity index (χ4n) is 3.19. The van der Waals surface area contributed by atoms with Crippen molar-refractivity contribution in [2.24, 2.45) is 0 Å². The third kappa shape index (κ3) is 4.52. The van der Waals surface area contributed by atoms with E-state index in [1.807, 2.05) is 0 Å². The smallest absolute Gasteiger partial charge is 0.227 e. The Hall–Kier alpha value is -2.84. The normalized spacial score (nSPS) is 15.4. The minimum Gasteiger partial charge on any atom is -0.508 e. The highest BCUT2D eigenvalue weighted by molar-refractivity contribution is 5.78. The molecule has 2 aromatic rings. The number of methoxy groups -OCH3 is 1. The van der Waals surface area contributed by atoms with Crippen LogP contribution in [0.3, 0.4) is 0 Å². The lowest BCUT2D eigenvalue weighted by Gasteiger charge is -2.28. The number of ether oxygens (including phenoxy) is 2. The molecule has 0 unspecified atom stereocenters. The van der Waals surface area contributed by atoms with Crippen LogP contribution in [0.5, 0.6) is 11.5 Å². The molecule has 1 aliphatic rings. The zero-order valence-electron chi connectivity index (χ0n) is 15.6. The van der Waals surface area contributed by atoms with E-state index in [0.29, 0.717) is 31.9 Å². The predicted octanol–water partition coefficient (Wildman–Crippen LogP) is 1.58. The fourth-order valence-corrected chi connectivity index (χ4v) is 3.19. The molecule has 150 valence electrons. The van der Waals surface area contributed by atoms with Crippen molar-refractivity contribution in [3.63, 3.8) is 0 Å². The Kier molecular flexibility index (Phi) is 6.33. The van der Waals surface area contributed by atoms with Crippen LogP contribution in [0.2, 0.25) is 0 Å². The number of phenols is 1. The van der Waals surface area contributed by atoms with Crippen molar-refractivity contribution in [2.45, 2.75) is 18.9 Å². The Morgan fingerprint density at radius 1 is 1.21 bits per heavy atom. The molecule has 0 aliphatic carbocycles. The van der Waals surface area contributed by atoms with Crippen LogP contribution < -0.4 is 5.43 Å². The minimum atomic E-state index is -0.694. The standard InChI is InChI=1S/C20H23NO7/c1-26-12-15-10-17(23)19(25)20(28-15)16(13-2-4-14(22)5-3-13)11-18(24)21-6-8-27-9-7-21/h2-5,10,16,22,25H,6-9,11-12H2,1H3/t16-/m1/s1. The Morgan fingerprint density at radius 3 is 2.54 bits per heavy atom. The van der Waals surface area contributed by atoms with Gasteiger partial charge in [0.2, 0.25) is 17.1 Å². The molecular formula is C20H23NO7. The van der Waals surface area contributed by atoms with Gasteiger partial charge in [-0.05, 0) is 17.7 Å². The van der Waals surface area contributed by atoms with Crippen LogP contribution in [-0.2, 0) is 20.9 Å². The summed E-state index contributed by atoms with van der Waals surface area (Å²) >= 11 is 0. The van der Waals surface area contributed by atoms with Gasteiger partial charge in [-0.3, -0.25) is 9.59 Å². The molecular weight excluding hydrogens is 366 g/mol. The fraction of sp³-hybridized carbons (Fsp3) is 0.400. The highest BCUT2D eigenvalue weighted by Crippen LogP contribution is 2.34. The van der Waals surface area contributed by atoms with Gasteiger partial charge in [0, 0.05) is 32.7 Å². The first kappa shape index (κ1) is 19.9. The number of amides is 1. The highest BCUT2D eigenvalue weighted by Gasteiger charge is 2.28. The van der Waals surface area contributed by atoms with Gasteiger partial charge in [0.1, 0.15) is 18.1 Å². The van der Waals surface area contributed by atoms with Crippen LogP contribution in [0.1, 0.15) is 29.4 Å². The molecule has 0 saturated carbocycles. The maximum absolute atomic E-state index is 12.8. The molecule has 0 radical (unpaired) electrons. The number of aromatic hydroxyl groups is 2. The van der Waals surface area contributed by atoms with Gasteiger partial charge in [-0.2, -0.15) is 0 Å². The summed E-state index contributed by atoms with van der Waals surface area (Å²) in [5.41, 5.74) is 0.0309. The van der Waals surface area contributed by atoms with E-state index in [1.54, 1.807) is 17.0 Å².